The molecule has 0 bridgehead atoms. The average Bonchev–Trinajstić information content (AvgIpc) is 2.79. The lowest BCUT2D eigenvalue weighted by molar-refractivity contribution is 0.101. The van der Waals surface area contributed by atoms with Crippen LogP contribution in [-0.4, -0.2) is 25.0 Å². The highest BCUT2D eigenvalue weighted by molar-refractivity contribution is 6.07. The molecule has 0 spiro atoms. The summed E-state index contributed by atoms with van der Waals surface area (Å²) in [6.45, 7) is 4.06. The second-order valence-corrected chi connectivity index (χ2v) is 6.59. The molecule has 2 amide bonds. The van der Waals surface area contributed by atoms with Gasteiger partial charge in [-0.05, 0) is 38.1 Å². The lowest BCUT2D eigenvalue weighted by Crippen LogP contribution is -2.17. The van der Waals surface area contributed by atoms with Crippen LogP contribution in [0.15, 0.2) is 60.7 Å². The summed E-state index contributed by atoms with van der Waals surface area (Å²) in [4.78, 5) is 25.2. The molecule has 3 rings (SSSR count). The molecule has 0 heterocycles. The van der Waals surface area contributed by atoms with Gasteiger partial charge in [-0.3, -0.25) is 9.59 Å². The first-order valence-corrected chi connectivity index (χ1v) is 10.00. The second kappa shape index (κ2) is 10.4. The first-order chi connectivity index (χ1) is 15.4. The molecule has 0 saturated carbocycles. The molecule has 0 fully saturated rings. The third kappa shape index (κ3) is 5.21. The van der Waals surface area contributed by atoms with Gasteiger partial charge in [0.25, 0.3) is 11.8 Å². The number of amides is 2. The van der Waals surface area contributed by atoms with E-state index in [4.69, 9.17) is 9.47 Å². The van der Waals surface area contributed by atoms with Crippen LogP contribution in [0.1, 0.15) is 34.6 Å². The number of nitrogens with one attached hydrogen (secondary N) is 2. The standard InChI is InChI=1S/C24H22F2N2O4/c1-3-31-20-14-19(28-24(30)16-11-8-12-17(25)22(16)26)21(32-4-2)13-18(20)27-23(29)15-9-6-5-7-10-15/h5-14H,3-4H2,1-2H3,(H,27,29)(H,28,30). The van der Waals surface area contributed by atoms with E-state index in [2.05, 4.69) is 10.6 Å². The van der Waals surface area contributed by atoms with Crippen LogP contribution in [0.5, 0.6) is 11.5 Å². The van der Waals surface area contributed by atoms with E-state index in [1.165, 1.54) is 24.3 Å². The maximum atomic E-state index is 14.0. The molecule has 8 heteroatoms. The zero-order valence-electron chi connectivity index (χ0n) is 17.6. The molecule has 6 nitrogen and oxygen atoms in total. The first kappa shape index (κ1) is 22.7. The van der Waals surface area contributed by atoms with Crippen molar-refractivity contribution in [1.82, 2.24) is 0 Å². The molecule has 0 aliphatic carbocycles. The average molecular weight is 440 g/mol. The van der Waals surface area contributed by atoms with Crippen molar-refractivity contribution < 1.29 is 27.8 Å². The summed E-state index contributed by atoms with van der Waals surface area (Å²) in [5.74, 6) is -3.09. The van der Waals surface area contributed by atoms with E-state index in [0.29, 0.717) is 11.3 Å². The van der Waals surface area contributed by atoms with Crippen molar-refractivity contribution in [2.45, 2.75) is 13.8 Å². The topological polar surface area (TPSA) is 76.7 Å². The molecule has 3 aromatic carbocycles. The van der Waals surface area contributed by atoms with Gasteiger partial charge in [0.2, 0.25) is 0 Å². The SMILES string of the molecule is CCOc1cc(NC(=O)c2cccc(F)c2F)c(OCC)cc1NC(=O)c1ccccc1. The van der Waals surface area contributed by atoms with E-state index in [1.54, 1.807) is 44.2 Å². The third-order valence-corrected chi connectivity index (χ3v) is 4.41. The normalized spacial score (nSPS) is 10.4. The number of benzene rings is 3. The second-order valence-electron chi connectivity index (χ2n) is 6.59. The number of anilines is 2. The smallest absolute Gasteiger partial charge is 0.258 e. The molecule has 0 radical (unpaired) electrons. The van der Waals surface area contributed by atoms with Crippen LogP contribution in [-0.2, 0) is 0 Å². The lowest BCUT2D eigenvalue weighted by Gasteiger charge is -2.18. The molecule has 0 unspecified atom stereocenters. The minimum atomic E-state index is -1.25. The maximum absolute atomic E-state index is 14.0. The Kier molecular flexibility index (Phi) is 7.38. The Balaban J connectivity index is 1.95. The quantitative estimate of drug-likeness (QED) is 0.501. The van der Waals surface area contributed by atoms with Crippen molar-refractivity contribution in [3.8, 4) is 11.5 Å². The van der Waals surface area contributed by atoms with Gasteiger partial charge in [0.05, 0.1) is 30.2 Å². The van der Waals surface area contributed by atoms with Gasteiger partial charge in [-0.1, -0.05) is 24.3 Å². The highest BCUT2D eigenvalue weighted by Crippen LogP contribution is 2.37. The van der Waals surface area contributed by atoms with Gasteiger partial charge in [0.1, 0.15) is 11.5 Å². The van der Waals surface area contributed by atoms with Gasteiger partial charge < -0.3 is 20.1 Å². The zero-order chi connectivity index (χ0) is 23.1. The molecule has 32 heavy (non-hydrogen) atoms. The molecular weight excluding hydrogens is 418 g/mol. The number of rotatable bonds is 8. The number of ether oxygens (including phenoxy) is 2. The van der Waals surface area contributed by atoms with Crippen LogP contribution in [0.3, 0.4) is 0 Å². The monoisotopic (exact) mass is 440 g/mol. The number of hydrogen-bond donors (Lipinski definition) is 2. The molecule has 0 aromatic heterocycles. The summed E-state index contributed by atoms with van der Waals surface area (Å²) in [6.07, 6.45) is 0. The fraction of sp³-hybridized carbons (Fsp3) is 0.167. The van der Waals surface area contributed by atoms with E-state index < -0.39 is 23.1 Å². The summed E-state index contributed by atoms with van der Waals surface area (Å²) in [6, 6.07) is 14.9. The fourth-order valence-electron chi connectivity index (χ4n) is 2.96. The van der Waals surface area contributed by atoms with Gasteiger partial charge in [-0.25, -0.2) is 8.78 Å². The van der Waals surface area contributed by atoms with Gasteiger partial charge in [-0.2, -0.15) is 0 Å². The van der Waals surface area contributed by atoms with E-state index in [-0.39, 0.29) is 36.3 Å². The van der Waals surface area contributed by atoms with Crippen LogP contribution in [0.25, 0.3) is 0 Å². The minimum absolute atomic E-state index is 0.182. The van der Waals surface area contributed by atoms with E-state index >= 15 is 0 Å². The highest BCUT2D eigenvalue weighted by Gasteiger charge is 2.20. The summed E-state index contributed by atoms with van der Waals surface area (Å²) < 4.78 is 38.8. The Morgan fingerprint density at radius 1 is 0.781 bits per heavy atom. The molecule has 0 atom stereocenters. The molecular formula is C24H22F2N2O4. The summed E-state index contributed by atoms with van der Waals surface area (Å²) >= 11 is 0. The van der Waals surface area contributed by atoms with Crippen molar-refractivity contribution in [1.29, 1.82) is 0 Å². The Hall–Kier alpha value is -3.94. The van der Waals surface area contributed by atoms with Gasteiger partial charge in [-0.15, -0.1) is 0 Å². The first-order valence-electron chi connectivity index (χ1n) is 10.00. The lowest BCUT2D eigenvalue weighted by atomic mass is 10.1. The van der Waals surface area contributed by atoms with Gasteiger partial charge in [0, 0.05) is 17.7 Å². The van der Waals surface area contributed by atoms with E-state index in [1.807, 2.05) is 0 Å². The molecule has 0 aliphatic heterocycles. The van der Waals surface area contributed by atoms with Crippen LogP contribution >= 0.6 is 0 Å². The zero-order valence-corrected chi connectivity index (χ0v) is 17.6. The molecule has 2 N–H and O–H groups in total. The number of carbonyl (C=O) groups excluding carboxylic acids is 2. The number of hydrogen-bond acceptors (Lipinski definition) is 4. The predicted molar refractivity (Wildman–Crippen MR) is 117 cm³/mol. The summed E-state index contributed by atoms with van der Waals surface area (Å²) in [5, 5.41) is 5.30. The molecule has 166 valence electrons. The van der Waals surface area contributed by atoms with Crippen LogP contribution in [0, 0.1) is 11.6 Å². The van der Waals surface area contributed by atoms with Crippen LogP contribution in [0.4, 0.5) is 20.2 Å². The summed E-state index contributed by atoms with van der Waals surface area (Å²) in [5.41, 5.74) is 0.513. The number of halogens is 2. The van der Waals surface area contributed by atoms with Crippen molar-refractivity contribution in [2.75, 3.05) is 23.8 Å². The summed E-state index contributed by atoms with van der Waals surface area (Å²) in [7, 11) is 0. The number of carbonyl (C=O) groups is 2. The van der Waals surface area contributed by atoms with Crippen molar-refractivity contribution >= 4 is 23.2 Å². The predicted octanol–water partition coefficient (Wildman–Crippen LogP) is 5.27. The third-order valence-electron chi connectivity index (χ3n) is 4.41. The molecule has 3 aromatic rings. The van der Waals surface area contributed by atoms with Crippen molar-refractivity contribution in [2.24, 2.45) is 0 Å². The minimum Gasteiger partial charge on any atom is -0.492 e. The largest absolute Gasteiger partial charge is 0.492 e. The Bertz CT molecular complexity index is 1120. The fourth-order valence-corrected chi connectivity index (χ4v) is 2.96. The van der Waals surface area contributed by atoms with E-state index in [9.17, 15) is 18.4 Å². The highest BCUT2D eigenvalue weighted by atomic mass is 19.2. The van der Waals surface area contributed by atoms with Crippen LogP contribution in [0.2, 0.25) is 0 Å². The molecule has 0 saturated heterocycles. The Morgan fingerprint density at radius 2 is 1.34 bits per heavy atom. The Labute approximate surface area is 184 Å². The maximum Gasteiger partial charge on any atom is 0.258 e. The van der Waals surface area contributed by atoms with Crippen LogP contribution < -0.4 is 20.1 Å². The van der Waals surface area contributed by atoms with Gasteiger partial charge in [0.15, 0.2) is 11.6 Å². The van der Waals surface area contributed by atoms with Gasteiger partial charge >= 0.3 is 0 Å². The Morgan fingerprint density at radius 3 is 1.91 bits per heavy atom. The van der Waals surface area contributed by atoms with Crippen molar-refractivity contribution in [3.63, 3.8) is 0 Å². The van der Waals surface area contributed by atoms with Crippen molar-refractivity contribution in [3.05, 3.63) is 83.4 Å². The van der Waals surface area contributed by atoms with E-state index in [0.717, 1.165) is 6.07 Å². The molecule has 0 aliphatic rings.